The molecule has 4 nitrogen and oxygen atoms in total. The lowest BCUT2D eigenvalue weighted by Crippen LogP contribution is -2.37. The molecule has 1 amide bonds. The Labute approximate surface area is 138 Å². The molecule has 0 saturated heterocycles. The van der Waals surface area contributed by atoms with Gasteiger partial charge < -0.3 is 4.90 Å². The third kappa shape index (κ3) is 4.37. The van der Waals surface area contributed by atoms with Crippen molar-refractivity contribution in [3.63, 3.8) is 0 Å². The van der Waals surface area contributed by atoms with E-state index in [2.05, 4.69) is 5.10 Å². The smallest absolute Gasteiger partial charge is 0.310 e. The van der Waals surface area contributed by atoms with E-state index in [0.29, 0.717) is 6.42 Å². The Bertz CT molecular complexity index is 707. The quantitative estimate of drug-likeness (QED) is 0.831. The minimum atomic E-state index is -4.43. The predicted octanol–water partition coefficient (Wildman–Crippen LogP) is 3.81. The van der Waals surface area contributed by atoms with Gasteiger partial charge in [0.05, 0.1) is 11.8 Å². The number of carbonyl (C=O) groups is 1. The number of carbonyl (C=O) groups excluding carboxylic acids is 1. The zero-order valence-electron chi connectivity index (χ0n) is 13.8. The topological polar surface area (TPSA) is 38.1 Å². The van der Waals surface area contributed by atoms with Gasteiger partial charge in [-0.15, -0.1) is 0 Å². The Kier molecular flexibility index (Phi) is 5.31. The van der Waals surface area contributed by atoms with Gasteiger partial charge in [-0.05, 0) is 44.0 Å². The Morgan fingerprint density at radius 3 is 2.58 bits per heavy atom. The van der Waals surface area contributed by atoms with Crippen LogP contribution < -0.4 is 4.90 Å². The molecule has 0 bridgehead atoms. The lowest BCUT2D eigenvalue weighted by atomic mass is 10.1. The zero-order chi connectivity index (χ0) is 17.9. The van der Waals surface area contributed by atoms with Gasteiger partial charge in [0.25, 0.3) is 0 Å². The van der Waals surface area contributed by atoms with Crippen LogP contribution in [-0.2, 0) is 24.4 Å². The van der Waals surface area contributed by atoms with E-state index in [0.717, 1.165) is 17.7 Å². The molecule has 2 aromatic rings. The number of amides is 1. The molecule has 1 aromatic heterocycles. The van der Waals surface area contributed by atoms with Crippen molar-refractivity contribution in [1.82, 2.24) is 9.78 Å². The van der Waals surface area contributed by atoms with Crippen LogP contribution in [0.15, 0.2) is 36.7 Å². The highest BCUT2D eigenvalue weighted by Crippen LogP contribution is 2.32. The van der Waals surface area contributed by atoms with Crippen molar-refractivity contribution in [2.45, 2.75) is 38.9 Å². The summed E-state index contributed by atoms with van der Waals surface area (Å²) in [5.74, 6) is -0.215. The van der Waals surface area contributed by atoms with Crippen LogP contribution in [0.3, 0.4) is 0 Å². The summed E-state index contributed by atoms with van der Waals surface area (Å²) in [5.41, 5.74) is 0.417. The number of benzene rings is 1. The van der Waals surface area contributed by atoms with Gasteiger partial charge in [-0.2, -0.15) is 18.3 Å². The number of hydrogen-bond acceptors (Lipinski definition) is 2. The molecule has 1 heterocycles. The maximum atomic E-state index is 12.9. The Morgan fingerprint density at radius 1 is 1.33 bits per heavy atom. The summed E-state index contributed by atoms with van der Waals surface area (Å²) in [4.78, 5) is 14.0. The summed E-state index contributed by atoms with van der Waals surface area (Å²) in [6.07, 6.45) is -0.235. The van der Waals surface area contributed by atoms with Crippen LogP contribution in [0.25, 0.3) is 0 Å². The summed E-state index contributed by atoms with van der Waals surface area (Å²) in [7, 11) is 1.79. The molecular weight excluding hydrogens is 319 g/mol. The number of rotatable bonds is 5. The van der Waals surface area contributed by atoms with E-state index in [4.69, 9.17) is 0 Å². The molecule has 0 saturated carbocycles. The highest BCUT2D eigenvalue weighted by molar-refractivity contribution is 5.94. The number of aryl methyl sites for hydroxylation is 2. The van der Waals surface area contributed by atoms with E-state index >= 15 is 0 Å². The van der Waals surface area contributed by atoms with Gasteiger partial charge in [-0.25, -0.2) is 0 Å². The molecule has 0 spiro atoms. The first-order chi connectivity index (χ1) is 11.2. The maximum Gasteiger partial charge on any atom is 0.416 e. The van der Waals surface area contributed by atoms with Gasteiger partial charge in [-0.1, -0.05) is 6.07 Å². The summed E-state index contributed by atoms with van der Waals surface area (Å²) in [6, 6.07) is 4.62. The highest BCUT2D eigenvalue weighted by atomic mass is 19.4. The molecule has 0 atom stereocenters. The minimum Gasteiger partial charge on any atom is -0.310 e. The lowest BCUT2D eigenvalue weighted by molar-refractivity contribution is -0.137. The first-order valence-electron chi connectivity index (χ1n) is 7.65. The molecule has 2 rings (SSSR count). The van der Waals surface area contributed by atoms with Gasteiger partial charge >= 0.3 is 6.18 Å². The van der Waals surface area contributed by atoms with Crippen molar-refractivity contribution in [3.8, 4) is 0 Å². The third-order valence-corrected chi connectivity index (χ3v) is 3.62. The first kappa shape index (κ1) is 18.0. The van der Waals surface area contributed by atoms with Gasteiger partial charge in [-0.3, -0.25) is 9.48 Å². The van der Waals surface area contributed by atoms with Crippen LogP contribution in [-0.4, -0.2) is 21.7 Å². The number of nitrogens with zero attached hydrogens (tertiary/aromatic N) is 3. The van der Waals surface area contributed by atoms with Crippen molar-refractivity contribution < 1.29 is 18.0 Å². The molecule has 0 radical (unpaired) electrons. The molecule has 0 aliphatic heterocycles. The first-order valence-corrected chi connectivity index (χ1v) is 7.65. The van der Waals surface area contributed by atoms with Gasteiger partial charge in [0.15, 0.2) is 0 Å². The molecule has 7 heteroatoms. The summed E-state index contributed by atoms with van der Waals surface area (Å²) >= 11 is 0. The van der Waals surface area contributed by atoms with Crippen molar-refractivity contribution in [1.29, 1.82) is 0 Å². The number of halogens is 3. The summed E-state index contributed by atoms with van der Waals surface area (Å²) < 4.78 is 40.3. The number of anilines is 1. The van der Waals surface area contributed by atoms with Crippen molar-refractivity contribution >= 4 is 11.6 Å². The molecule has 1 aromatic carbocycles. The molecular formula is C17H20F3N3O. The van der Waals surface area contributed by atoms with E-state index in [-0.39, 0.29) is 24.1 Å². The van der Waals surface area contributed by atoms with Gasteiger partial charge in [0.2, 0.25) is 5.91 Å². The van der Waals surface area contributed by atoms with E-state index < -0.39 is 11.7 Å². The van der Waals surface area contributed by atoms with Crippen LogP contribution in [0, 0.1) is 0 Å². The van der Waals surface area contributed by atoms with E-state index in [1.807, 2.05) is 6.20 Å². The average molecular weight is 339 g/mol. The van der Waals surface area contributed by atoms with Gasteiger partial charge in [0, 0.05) is 31.4 Å². The Morgan fingerprint density at radius 2 is 2.04 bits per heavy atom. The number of aromatic nitrogens is 2. The van der Waals surface area contributed by atoms with Gasteiger partial charge in [0.1, 0.15) is 0 Å². The summed E-state index contributed by atoms with van der Waals surface area (Å²) in [6.45, 7) is 3.56. The number of alkyl halides is 3. The Balaban J connectivity index is 2.18. The van der Waals surface area contributed by atoms with E-state index in [1.165, 1.54) is 17.0 Å². The summed E-state index contributed by atoms with van der Waals surface area (Å²) in [5, 5.41) is 4.04. The second-order valence-corrected chi connectivity index (χ2v) is 5.93. The molecule has 0 aliphatic rings. The molecule has 0 unspecified atom stereocenters. The fraction of sp³-hybridized carbons (Fsp3) is 0.412. The van der Waals surface area contributed by atoms with Crippen molar-refractivity contribution in [2.24, 2.45) is 7.05 Å². The Hall–Kier alpha value is -2.31. The third-order valence-electron chi connectivity index (χ3n) is 3.62. The van der Waals surface area contributed by atoms with E-state index in [9.17, 15) is 18.0 Å². The SMILES string of the molecule is CC(C)N(C(=O)CCc1cnn(C)c1)c1cccc(C(F)(F)F)c1. The van der Waals surface area contributed by atoms with Crippen LogP contribution in [0.1, 0.15) is 31.4 Å². The molecule has 0 N–H and O–H groups in total. The normalized spacial score (nSPS) is 11.8. The number of hydrogen-bond donors (Lipinski definition) is 0. The zero-order valence-corrected chi connectivity index (χ0v) is 13.8. The average Bonchev–Trinajstić information content (AvgIpc) is 2.90. The van der Waals surface area contributed by atoms with Crippen molar-refractivity contribution in [2.75, 3.05) is 4.90 Å². The minimum absolute atomic E-state index is 0.208. The van der Waals surface area contributed by atoms with Crippen LogP contribution in [0.4, 0.5) is 18.9 Å². The molecule has 24 heavy (non-hydrogen) atoms. The fourth-order valence-electron chi connectivity index (χ4n) is 2.53. The lowest BCUT2D eigenvalue weighted by Gasteiger charge is -2.27. The molecule has 130 valence electrons. The predicted molar refractivity (Wildman–Crippen MR) is 85.6 cm³/mol. The molecule has 0 aliphatic carbocycles. The monoisotopic (exact) mass is 339 g/mol. The van der Waals surface area contributed by atoms with Crippen LogP contribution in [0.5, 0.6) is 0 Å². The fourth-order valence-corrected chi connectivity index (χ4v) is 2.53. The van der Waals surface area contributed by atoms with Crippen LogP contribution >= 0.6 is 0 Å². The van der Waals surface area contributed by atoms with E-state index in [1.54, 1.807) is 31.8 Å². The largest absolute Gasteiger partial charge is 0.416 e. The van der Waals surface area contributed by atoms with Crippen LogP contribution in [0.2, 0.25) is 0 Å². The highest BCUT2D eigenvalue weighted by Gasteiger charge is 2.31. The second-order valence-electron chi connectivity index (χ2n) is 5.93. The molecule has 0 fully saturated rings. The second kappa shape index (κ2) is 7.07. The van der Waals surface area contributed by atoms with Crippen molar-refractivity contribution in [3.05, 3.63) is 47.8 Å². The standard InChI is InChI=1S/C17H20F3N3O/c1-12(2)23(15-6-4-5-14(9-15)17(18,19)20)16(24)8-7-13-10-21-22(3)11-13/h4-6,9-12H,7-8H2,1-3H3. The maximum absolute atomic E-state index is 12.9.